The number of rotatable bonds is 6. The number of hydrogen-bond acceptors (Lipinski definition) is 3. The van der Waals surface area contributed by atoms with Crippen LogP contribution in [0.3, 0.4) is 0 Å². The van der Waals surface area contributed by atoms with Crippen molar-refractivity contribution in [2.75, 3.05) is 10.0 Å². The normalized spacial score (nSPS) is 11.5. The lowest BCUT2D eigenvalue weighted by atomic mass is 10.2. The van der Waals surface area contributed by atoms with Crippen LogP contribution in [0, 0.1) is 6.92 Å². The standard InChI is InChI=1S/C22H17Cl3N2O3S/c1-14-2-10-19(31(29,30)27-18-8-6-16(23)7-9-18)13-21(14)26-22(28)11-4-15-3-5-17(24)12-20(15)25/h2-13,27H,1H3,(H,26,28)/b11-4+. The molecule has 0 aliphatic carbocycles. The maximum Gasteiger partial charge on any atom is 0.261 e. The molecule has 3 rings (SSSR count). The van der Waals surface area contributed by atoms with E-state index in [1.165, 1.54) is 18.2 Å². The Morgan fingerprint density at radius 3 is 2.26 bits per heavy atom. The van der Waals surface area contributed by atoms with E-state index < -0.39 is 15.9 Å². The highest BCUT2D eigenvalue weighted by Gasteiger charge is 2.16. The first-order chi connectivity index (χ1) is 14.6. The fourth-order valence-corrected chi connectivity index (χ4v) is 4.29. The van der Waals surface area contributed by atoms with Crippen LogP contribution in [0.2, 0.25) is 15.1 Å². The molecule has 0 aromatic heterocycles. The maximum atomic E-state index is 12.7. The van der Waals surface area contributed by atoms with Crippen LogP contribution < -0.4 is 10.0 Å². The number of hydrogen-bond donors (Lipinski definition) is 2. The maximum absolute atomic E-state index is 12.7. The first-order valence-corrected chi connectivity index (χ1v) is 11.6. The zero-order valence-corrected chi connectivity index (χ0v) is 19.3. The predicted octanol–water partition coefficient (Wildman–Crippen LogP) is 6.41. The van der Waals surface area contributed by atoms with E-state index >= 15 is 0 Å². The molecule has 3 aromatic rings. The van der Waals surface area contributed by atoms with Gasteiger partial charge in [-0.1, -0.05) is 46.9 Å². The number of sulfonamides is 1. The molecule has 2 N–H and O–H groups in total. The van der Waals surface area contributed by atoms with Crippen molar-refractivity contribution < 1.29 is 13.2 Å². The number of aryl methyl sites for hydroxylation is 1. The molecule has 0 bridgehead atoms. The van der Waals surface area contributed by atoms with Crippen molar-refractivity contribution in [3.63, 3.8) is 0 Å². The van der Waals surface area contributed by atoms with E-state index in [0.717, 1.165) is 0 Å². The molecule has 0 spiro atoms. The second-order valence-electron chi connectivity index (χ2n) is 6.58. The smallest absolute Gasteiger partial charge is 0.261 e. The van der Waals surface area contributed by atoms with Gasteiger partial charge in [0.15, 0.2) is 0 Å². The van der Waals surface area contributed by atoms with Gasteiger partial charge in [-0.15, -0.1) is 0 Å². The number of nitrogens with one attached hydrogen (secondary N) is 2. The van der Waals surface area contributed by atoms with Crippen molar-refractivity contribution >= 4 is 68.2 Å². The highest BCUT2D eigenvalue weighted by molar-refractivity contribution is 7.92. The van der Waals surface area contributed by atoms with Crippen LogP contribution in [-0.4, -0.2) is 14.3 Å². The van der Waals surface area contributed by atoms with Gasteiger partial charge in [0.2, 0.25) is 5.91 Å². The first-order valence-electron chi connectivity index (χ1n) is 8.97. The topological polar surface area (TPSA) is 75.3 Å². The summed E-state index contributed by atoms with van der Waals surface area (Å²) in [6.07, 6.45) is 2.85. The Kier molecular flexibility index (Phi) is 7.28. The van der Waals surface area contributed by atoms with Crippen LogP contribution in [0.25, 0.3) is 6.08 Å². The average molecular weight is 496 g/mol. The minimum Gasteiger partial charge on any atom is -0.322 e. The molecule has 0 radical (unpaired) electrons. The minimum atomic E-state index is -3.86. The lowest BCUT2D eigenvalue weighted by molar-refractivity contribution is -0.111. The van der Waals surface area contributed by atoms with E-state index in [9.17, 15) is 13.2 Å². The van der Waals surface area contributed by atoms with E-state index in [0.29, 0.717) is 37.6 Å². The largest absolute Gasteiger partial charge is 0.322 e. The third-order valence-corrected chi connectivity index (χ3v) is 6.44. The molecule has 1 amide bonds. The summed E-state index contributed by atoms with van der Waals surface area (Å²) in [4.78, 5) is 12.4. The second kappa shape index (κ2) is 9.75. The molecule has 0 heterocycles. The van der Waals surface area contributed by atoms with Crippen LogP contribution in [0.1, 0.15) is 11.1 Å². The Morgan fingerprint density at radius 2 is 1.58 bits per heavy atom. The van der Waals surface area contributed by atoms with Crippen molar-refractivity contribution in [3.8, 4) is 0 Å². The van der Waals surface area contributed by atoms with Gasteiger partial charge in [-0.05, 0) is 72.7 Å². The Bertz CT molecular complexity index is 1260. The van der Waals surface area contributed by atoms with E-state index in [1.54, 1.807) is 61.5 Å². The van der Waals surface area contributed by atoms with Crippen molar-refractivity contribution in [2.45, 2.75) is 11.8 Å². The summed E-state index contributed by atoms with van der Waals surface area (Å²) in [6, 6.07) is 15.7. The molecule has 0 unspecified atom stereocenters. The summed E-state index contributed by atoms with van der Waals surface area (Å²) in [7, 11) is -3.86. The SMILES string of the molecule is Cc1ccc(S(=O)(=O)Nc2ccc(Cl)cc2)cc1NC(=O)/C=C/c1ccc(Cl)cc1Cl. The van der Waals surface area contributed by atoms with Gasteiger partial charge in [-0.25, -0.2) is 8.42 Å². The first kappa shape index (κ1) is 23.2. The highest BCUT2D eigenvalue weighted by Crippen LogP contribution is 2.24. The lowest BCUT2D eigenvalue weighted by Crippen LogP contribution is -2.14. The summed E-state index contributed by atoms with van der Waals surface area (Å²) >= 11 is 17.8. The van der Waals surface area contributed by atoms with Gasteiger partial charge in [-0.2, -0.15) is 0 Å². The fourth-order valence-electron chi connectivity index (χ4n) is 2.61. The van der Waals surface area contributed by atoms with Crippen molar-refractivity contribution in [2.24, 2.45) is 0 Å². The number of carbonyl (C=O) groups is 1. The summed E-state index contributed by atoms with van der Waals surface area (Å²) in [6.45, 7) is 1.76. The molecular weight excluding hydrogens is 479 g/mol. The Hall–Kier alpha value is -2.51. The number of benzene rings is 3. The number of anilines is 2. The van der Waals surface area contributed by atoms with Gasteiger partial charge in [0.05, 0.1) is 4.90 Å². The van der Waals surface area contributed by atoms with Gasteiger partial charge in [0.25, 0.3) is 10.0 Å². The summed E-state index contributed by atoms with van der Waals surface area (Å²) in [5, 5.41) is 4.09. The van der Waals surface area contributed by atoms with Crippen molar-refractivity contribution in [3.05, 3.63) is 92.9 Å². The van der Waals surface area contributed by atoms with Crippen LogP contribution in [0.4, 0.5) is 11.4 Å². The molecular formula is C22H17Cl3N2O3S. The van der Waals surface area contributed by atoms with E-state index in [4.69, 9.17) is 34.8 Å². The monoisotopic (exact) mass is 494 g/mol. The molecule has 160 valence electrons. The van der Waals surface area contributed by atoms with Gasteiger partial charge in [0.1, 0.15) is 0 Å². The molecule has 5 nitrogen and oxygen atoms in total. The molecule has 0 atom stereocenters. The lowest BCUT2D eigenvalue weighted by Gasteiger charge is -2.12. The van der Waals surface area contributed by atoms with Crippen LogP contribution in [0.5, 0.6) is 0 Å². The zero-order valence-electron chi connectivity index (χ0n) is 16.2. The van der Waals surface area contributed by atoms with E-state index in [2.05, 4.69) is 10.0 Å². The zero-order chi connectivity index (χ0) is 22.6. The summed E-state index contributed by atoms with van der Waals surface area (Å²) in [5.74, 6) is -0.436. The number of halogens is 3. The van der Waals surface area contributed by atoms with E-state index in [-0.39, 0.29) is 4.90 Å². The molecule has 0 aliphatic rings. The van der Waals surface area contributed by atoms with Crippen molar-refractivity contribution in [1.82, 2.24) is 0 Å². The molecule has 0 saturated heterocycles. The Balaban J connectivity index is 1.77. The van der Waals surface area contributed by atoms with Crippen LogP contribution in [0.15, 0.2) is 71.6 Å². The second-order valence-corrected chi connectivity index (χ2v) is 9.54. The van der Waals surface area contributed by atoms with Gasteiger partial charge < -0.3 is 5.32 Å². The molecule has 0 aliphatic heterocycles. The van der Waals surface area contributed by atoms with Crippen LogP contribution in [-0.2, 0) is 14.8 Å². The third-order valence-electron chi connectivity index (χ3n) is 4.25. The molecule has 3 aromatic carbocycles. The Morgan fingerprint density at radius 1 is 0.903 bits per heavy atom. The molecule has 0 fully saturated rings. The molecule has 9 heteroatoms. The average Bonchev–Trinajstić information content (AvgIpc) is 2.70. The van der Waals surface area contributed by atoms with Crippen LogP contribution >= 0.6 is 34.8 Å². The quantitative estimate of drug-likeness (QED) is 0.388. The summed E-state index contributed by atoms with van der Waals surface area (Å²) < 4.78 is 27.9. The van der Waals surface area contributed by atoms with Gasteiger partial charge in [-0.3, -0.25) is 9.52 Å². The van der Waals surface area contributed by atoms with Gasteiger partial charge >= 0.3 is 0 Å². The molecule has 31 heavy (non-hydrogen) atoms. The van der Waals surface area contributed by atoms with E-state index in [1.807, 2.05) is 0 Å². The molecule has 0 saturated carbocycles. The minimum absolute atomic E-state index is 0.00748. The fraction of sp³-hybridized carbons (Fsp3) is 0.0455. The predicted molar refractivity (Wildman–Crippen MR) is 128 cm³/mol. The third kappa shape index (κ3) is 6.24. The number of carbonyl (C=O) groups excluding carboxylic acids is 1. The Labute approximate surface area is 195 Å². The highest BCUT2D eigenvalue weighted by atomic mass is 35.5. The number of amides is 1. The van der Waals surface area contributed by atoms with Gasteiger partial charge in [0, 0.05) is 32.5 Å². The summed E-state index contributed by atoms with van der Waals surface area (Å²) in [5.41, 5.74) is 2.08. The van der Waals surface area contributed by atoms with Crippen molar-refractivity contribution in [1.29, 1.82) is 0 Å².